The highest BCUT2D eigenvalue weighted by Crippen LogP contribution is 2.21. The molecule has 0 aliphatic heterocycles. The molecule has 0 fully saturated rings. The van der Waals surface area contributed by atoms with Crippen molar-refractivity contribution in [1.29, 1.82) is 0 Å². The second kappa shape index (κ2) is 8.08. The lowest BCUT2D eigenvalue weighted by Gasteiger charge is -2.08. The lowest BCUT2D eigenvalue weighted by molar-refractivity contribution is -0.118. The van der Waals surface area contributed by atoms with Gasteiger partial charge in [-0.3, -0.25) is 4.79 Å². The van der Waals surface area contributed by atoms with Gasteiger partial charge in [-0.05, 0) is 65.4 Å². The zero-order valence-electron chi connectivity index (χ0n) is 16.3. The van der Waals surface area contributed by atoms with Crippen LogP contribution in [0.1, 0.15) is 0 Å². The summed E-state index contributed by atoms with van der Waals surface area (Å²) in [5.74, 6) is 0.396. The summed E-state index contributed by atoms with van der Waals surface area (Å²) in [7, 11) is 0. The van der Waals surface area contributed by atoms with E-state index in [9.17, 15) is 4.79 Å². The molecule has 1 N–H and O–H groups in total. The Morgan fingerprint density at radius 3 is 2.48 bits per heavy atom. The number of carbonyl (C=O) groups excluding carboxylic acids is 1. The van der Waals surface area contributed by atoms with E-state index >= 15 is 0 Å². The van der Waals surface area contributed by atoms with Gasteiger partial charge in [0.2, 0.25) is 0 Å². The minimum absolute atomic E-state index is 0.0894. The molecule has 5 aromatic rings. The van der Waals surface area contributed by atoms with Gasteiger partial charge in [0.05, 0.1) is 5.69 Å². The monoisotopic (exact) mass is 428 g/mol. The number of amides is 1. The van der Waals surface area contributed by atoms with Crippen LogP contribution < -0.4 is 10.1 Å². The van der Waals surface area contributed by atoms with Crippen LogP contribution in [0.3, 0.4) is 0 Å². The van der Waals surface area contributed by atoms with Crippen molar-refractivity contribution in [1.82, 2.24) is 15.0 Å². The molecule has 1 aromatic heterocycles. The molecule has 31 heavy (non-hydrogen) atoms. The van der Waals surface area contributed by atoms with E-state index in [0.717, 1.165) is 22.0 Å². The number of halogens is 1. The molecule has 152 valence electrons. The van der Waals surface area contributed by atoms with Crippen LogP contribution in [-0.4, -0.2) is 27.5 Å². The van der Waals surface area contributed by atoms with Crippen molar-refractivity contribution in [2.24, 2.45) is 0 Å². The van der Waals surface area contributed by atoms with Crippen molar-refractivity contribution < 1.29 is 9.53 Å². The standard InChI is InChI=1S/C24H17ClN4O2/c25-18-6-9-20(10-7-18)29-27-22-12-8-19(14-23(22)28-29)26-24(30)15-31-21-11-5-16-3-1-2-4-17(16)13-21/h1-14H,15H2,(H,26,30). The maximum atomic E-state index is 12.4. The van der Waals surface area contributed by atoms with Crippen LogP contribution in [0.2, 0.25) is 5.02 Å². The highest BCUT2D eigenvalue weighted by Gasteiger charge is 2.09. The molecular formula is C24H17ClN4O2. The first-order valence-electron chi connectivity index (χ1n) is 9.69. The number of hydrogen-bond acceptors (Lipinski definition) is 4. The summed E-state index contributed by atoms with van der Waals surface area (Å²) >= 11 is 5.94. The lowest BCUT2D eigenvalue weighted by Crippen LogP contribution is -2.20. The molecule has 1 heterocycles. The number of rotatable bonds is 5. The molecule has 4 aromatic carbocycles. The molecule has 0 saturated heterocycles. The van der Waals surface area contributed by atoms with Gasteiger partial charge in [0.1, 0.15) is 16.8 Å². The Morgan fingerprint density at radius 2 is 1.65 bits per heavy atom. The average Bonchev–Trinajstić information content (AvgIpc) is 3.21. The number of aromatic nitrogens is 3. The third-order valence-corrected chi connectivity index (χ3v) is 5.06. The molecule has 5 rings (SSSR count). The molecule has 0 aliphatic carbocycles. The predicted molar refractivity (Wildman–Crippen MR) is 122 cm³/mol. The van der Waals surface area contributed by atoms with E-state index < -0.39 is 0 Å². The van der Waals surface area contributed by atoms with Gasteiger partial charge in [0.25, 0.3) is 5.91 Å². The molecule has 0 atom stereocenters. The van der Waals surface area contributed by atoms with Crippen molar-refractivity contribution in [2.75, 3.05) is 11.9 Å². The predicted octanol–water partition coefficient (Wildman–Crippen LogP) is 5.24. The molecule has 7 heteroatoms. The zero-order valence-corrected chi connectivity index (χ0v) is 17.1. The van der Waals surface area contributed by atoms with E-state index in [-0.39, 0.29) is 12.5 Å². The van der Waals surface area contributed by atoms with Gasteiger partial charge in [0.15, 0.2) is 6.61 Å². The number of nitrogens with zero attached hydrogens (tertiary/aromatic N) is 3. The van der Waals surface area contributed by atoms with Gasteiger partial charge < -0.3 is 10.1 Å². The van der Waals surface area contributed by atoms with Gasteiger partial charge in [-0.25, -0.2) is 0 Å². The molecule has 0 aliphatic rings. The van der Waals surface area contributed by atoms with Crippen LogP contribution in [0.4, 0.5) is 5.69 Å². The zero-order chi connectivity index (χ0) is 21.2. The number of benzene rings is 4. The summed E-state index contributed by atoms with van der Waals surface area (Å²) in [6, 6.07) is 26.4. The number of nitrogens with one attached hydrogen (secondary N) is 1. The fraction of sp³-hybridized carbons (Fsp3) is 0.0417. The number of fused-ring (bicyclic) bond motifs is 2. The lowest BCUT2D eigenvalue weighted by atomic mass is 10.1. The first kappa shape index (κ1) is 19.1. The Hall–Kier alpha value is -3.90. The minimum Gasteiger partial charge on any atom is -0.484 e. The number of hydrogen-bond donors (Lipinski definition) is 1. The third kappa shape index (κ3) is 4.20. The van der Waals surface area contributed by atoms with E-state index in [0.29, 0.717) is 22.0 Å². The highest BCUT2D eigenvalue weighted by atomic mass is 35.5. The summed E-state index contributed by atoms with van der Waals surface area (Å²) in [5, 5.41) is 14.6. The van der Waals surface area contributed by atoms with Crippen LogP contribution in [0, 0.1) is 0 Å². The Morgan fingerprint density at radius 1 is 0.871 bits per heavy atom. The maximum Gasteiger partial charge on any atom is 0.262 e. The van der Waals surface area contributed by atoms with Gasteiger partial charge in [-0.1, -0.05) is 41.9 Å². The smallest absolute Gasteiger partial charge is 0.262 e. The van der Waals surface area contributed by atoms with Crippen molar-refractivity contribution in [3.8, 4) is 11.4 Å². The summed E-state index contributed by atoms with van der Waals surface area (Å²) in [5.41, 5.74) is 2.82. The van der Waals surface area contributed by atoms with Gasteiger partial charge in [-0.2, -0.15) is 4.80 Å². The molecule has 1 amide bonds. The molecule has 6 nitrogen and oxygen atoms in total. The van der Waals surface area contributed by atoms with Crippen molar-refractivity contribution in [2.45, 2.75) is 0 Å². The molecular weight excluding hydrogens is 412 g/mol. The summed E-state index contributed by atoms with van der Waals surface area (Å²) in [6.45, 7) is -0.0894. The van der Waals surface area contributed by atoms with Crippen molar-refractivity contribution in [3.63, 3.8) is 0 Å². The fourth-order valence-electron chi connectivity index (χ4n) is 3.29. The van der Waals surface area contributed by atoms with E-state index in [2.05, 4.69) is 15.5 Å². The van der Waals surface area contributed by atoms with E-state index in [1.807, 2.05) is 60.7 Å². The Balaban J connectivity index is 1.26. The van der Waals surface area contributed by atoms with Crippen LogP contribution in [-0.2, 0) is 4.79 Å². The molecule has 0 bridgehead atoms. The summed E-state index contributed by atoms with van der Waals surface area (Å²) in [6.07, 6.45) is 0. The molecule has 0 spiro atoms. The van der Waals surface area contributed by atoms with Crippen LogP contribution in [0.15, 0.2) is 84.9 Å². The summed E-state index contributed by atoms with van der Waals surface area (Å²) < 4.78 is 5.65. The van der Waals surface area contributed by atoms with Gasteiger partial charge in [-0.15, -0.1) is 10.2 Å². The Bertz CT molecular complexity index is 1400. The van der Waals surface area contributed by atoms with E-state index in [1.165, 1.54) is 4.80 Å². The maximum absolute atomic E-state index is 12.4. The molecule has 0 saturated carbocycles. The molecule has 0 unspecified atom stereocenters. The fourth-order valence-corrected chi connectivity index (χ4v) is 3.41. The minimum atomic E-state index is -0.252. The van der Waals surface area contributed by atoms with Crippen molar-refractivity contribution in [3.05, 3.63) is 90.0 Å². The number of ether oxygens (including phenoxy) is 1. The Kier molecular flexibility index (Phi) is 4.98. The van der Waals surface area contributed by atoms with Crippen LogP contribution in [0.5, 0.6) is 5.75 Å². The van der Waals surface area contributed by atoms with Crippen LogP contribution >= 0.6 is 11.6 Å². The van der Waals surface area contributed by atoms with Crippen LogP contribution in [0.25, 0.3) is 27.5 Å². The highest BCUT2D eigenvalue weighted by molar-refractivity contribution is 6.30. The van der Waals surface area contributed by atoms with E-state index in [4.69, 9.17) is 16.3 Å². The Labute approximate surface area is 183 Å². The topological polar surface area (TPSA) is 69.0 Å². The van der Waals surface area contributed by atoms with Gasteiger partial charge in [0, 0.05) is 10.7 Å². The average molecular weight is 429 g/mol. The first-order chi connectivity index (χ1) is 15.1. The second-order valence-electron chi connectivity index (χ2n) is 7.02. The number of anilines is 1. The third-order valence-electron chi connectivity index (χ3n) is 4.81. The normalized spacial score (nSPS) is 11.0. The second-order valence-corrected chi connectivity index (χ2v) is 7.45. The summed E-state index contributed by atoms with van der Waals surface area (Å²) in [4.78, 5) is 13.9. The molecule has 0 radical (unpaired) electrons. The van der Waals surface area contributed by atoms with Gasteiger partial charge >= 0.3 is 0 Å². The SMILES string of the molecule is O=C(COc1ccc2ccccc2c1)Nc1ccc2nn(-c3ccc(Cl)cc3)nc2c1. The van der Waals surface area contributed by atoms with Crippen molar-refractivity contribution >= 4 is 45.0 Å². The van der Waals surface area contributed by atoms with E-state index in [1.54, 1.807) is 24.3 Å². The number of carbonyl (C=O) groups is 1. The first-order valence-corrected chi connectivity index (χ1v) is 10.1. The quantitative estimate of drug-likeness (QED) is 0.415. The largest absolute Gasteiger partial charge is 0.484 e.